The maximum Gasteiger partial charge on any atom is 0.308 e. The lowest BCUT2D eigenvalue weighted by molar-refractivity contribution is -0.131. The van der Waals surface area contributed by atoms with E-state index in [-0.39, 0.29) is 11.3 Å². The van der Waals surface area contributed by atoms with Crippen molar-refractivity contribution in [3.8, 4) is 5.75 Å². The second-order valence-corrected chi connectivity index (χ2v) is 4.38. The van der Waals surface area contributed by atoms with Crippen LogP contribution in [-0.2, 0) is 9.59 Å². The van der Waals surface area contributed by atoms with Gasteiger partial charge in [0, 0.05) is 18.6 Å². The molecule has 1 N–H and O–H groups in total. The highest BCUT2D eigenvalue weighted by molar-refractivity contribution is 6.83. The summed E-state index contributed by atoms with van der Waals surface area (Å²) in [5.41, 5.74) is 1.36. The van der Waals surface area contributed by atoms with Crippen LogP contribution in [-0.4, -0.2) is 22.0 Å². The Balaban J connectivity index is 2.74. The number of carbonyl (C=O) groups excluding carboxylic acids is 3. The Hall–Kier alpha value is -2.14. The van der Waals surface area contributed by atoms with Gasteiger partial charge in [0.1, 0.15) is 5.75 Å². The summed E-state index contributed by atoms with van der Waals surface area (Å²) in [6.07, 6.45) is 1.37. The van der Waals surface area contributed by atoms with Gasteiger partial charge >= 0.3 is 5.97 Å². The van der Waals surface area contributed by atoms with Crippen molar-refractivity contribution in [1.29, 1.82) is 0 Å². The Morgan fingerprint density at radius 2 is 1.95 bits per heavy atom. The summed E-state index contributed by atoms with van der Waals surface area (Å²) >= 11 is 5.21. The van der Waals surface area contributed by atoms with Crippen LogP contribution in [0.4, 0.5) is 0 Å². The van der Waals surface area contributed by atoms with Gasteiger partial charge in [-0.05, 0) is 30.2 Å². The summed E-state index contributed by atoms with van der Waals surface area (Å²) in [6, 6.07) is 3.47. The fraction of sp³-hybridized carbons (Fsp3) is 0.154. The second kappa shape index (κ2) is 4.85. The lowest BCUT2D eigenvalue weighted by atomic mass is 10.1. The van der Waals surface area contributed by atoms with Crippen molar-refractivity contribution in [1.82, 2.24) is 4.98 Å². The number of ether oxygens (including phenoxy) is 1. The van der Waals surface area contributed by atoms with E-state index in [1.807, 2.05) is 0 Å². The van der Waals surface area contributed by atoms with E-state index in [1.54, 1.807) is 19.1 Å². The lowest BCUT2D eigenvalue weighted by Crippen LogP contribution is -2.08. The van der Waals surface area contributed by atoms with Gasteiger partial charge in [-0.2, -0.15) is 0 Å². The summed E-state index contributed by atoms with van der Waals surface area (Å²) in [4.78, 5) is 36.7. The van der Waals surface area contributed by atoms with E-state index in [1.165, 1.54) is 13.1 Å². The van der Waals surface area contributed by atoms with E-state index in [4.69, 9.17) is 16.3 Å². The van der Waals surface area contributed by atoms with Crippen molar-refractivity contribution in [2.45, 2.75) is 13.8 Å². The van der Waals surface area contributed by atoms with Crippen LogP contribution in [0.5, 0.6) is 5.75 Å². The zero-order valence-electron chi connectivity index (χ0n) is 10.2. The highest BCUT2D eigenvalue weighted by atomic mass is 35.5. The third-order valence-corrected chi connectivity index (χ3v) is 2.84. The predicted molar refractivity (Wildman–Crippen MR) is 69.5 cm³/mol. The fourth-order valence-electron chi connectivity index (χ4n) is 1.86. The molecule has 2 rings (SSSR count). The minimum Gasteiger partial charge on any atom is -0.426 e. The molecule has 19 heavy (non-hydrogen) atoms. The zero-order valence-corrected chi connectivity index (χ0v) is 11.0. The number of Topliss-reactive ketones (excluding diaryl/α,β-unsaturated/α-hetero) is 1. The van der Waals surface area contributed by atoms with Gasteiger partial charge in [0.05, 0.1) is 10.9 Å². The van der Waals surface area contributed by atoms with E-state index >= 15 is 0 Å². The molecular formula is C13H10ClNO4. The number of fused-ring (bicyclic) bond motifs is 1. The summed E-state index contributed by atoms with van der Waals surface area (Å²) in [5, 5.41) is -0.703. The molecule has 1 aromatic carbocycles. The molecule has 0 spiro atoms. The third kappa shape index (κ3) is 2.37. The molecule has 2 aromatic rings. The molecule has 0 bridgehead atoms. The van der Waals surface area contributed by atoms with Gasteiger partial charge in [0.15, 0.2) is 0 Å². The van der Waals surface area contributed by atoms with Crippen LogP contribution in [0.1, 0.15) is 22.8 Å². The lowest BCUT2D eigenvalue weighted by Gasteiger charge is -2.08. The maximum absolute atomic E-state index is 11.7. The number of aromatic nitrogens is 1. The second-order valence-electron chi connectivity index (χ2n) is 4.03. The molecule has 0 aliphatic carbocycles. The van der Waals surface area contributed by atoms with Gasteiger partial charge in [0.2, 0.25) is 5.78 Å². The standard InChI is InChI=1S/C13H10ClNO4/c1-6-3-4-9-10(12(6)19-7(2)16)8(5-15-9)11(17)13(14)18/h3-5,15H,1-2H3. The van der Waals surface area contributed by atoms with E-state index < -0.39 is 17.0 Å². The molecule has 0 radical (unpaired) electrons. The number of ketones is 1. The van der Waals surface area contributed by atoms with Crippen LogP contribution in [0.2, 0.25) is 0 Å². The van der Waals surface area contributed by atoms with Crippen molar-refractivity contribution in [2.75, 3.05) is 0 Å². The number of hydrogen-bond donors (Lipinski definition) is 1. The van der Waals surface area contributed by atoms with Crippen molar-refractivity contribution in [3.05, 3.63) is 29.5 Å². The van der Waals surface area contributed by atoms with Crippen molar-refractivity contribution < 1.29 is 19.1 Å². The first-order valence-electron chi connectivity index (χ1n) is 5.45. The molecule has 6 heteroatoms. The SMILES string of the molecule is CC(=O)Oc1c(C)ccc2[nH]cc(C(=O)C(=O)Cl)c12. The van der Waals surface area contributed by atoms with Crippen LogP contribution < -0.4 is 4.74 Å². The molecule has 0 saturated carbocycles. The Kier molecular flexibility index (Phi) is 3.40. The van der Waals surface area contributed by atoms with Crippen LogP contribution in [0.15, 0.2) is 18.3 Å². The van der Waals surface area contributed by atoms with E-state index in [2.05, 4.69) is 4.98 Å². The highest BCUT2D eigenvalue weighted by Crippen LogP contribution is 2.32. The molecule has 0 atom stereocenters. The Labute approximate surface area is 113 Å². The number of rotatable bonds is 3. The highest BCUT2D eigenvalue weighted by Gasteiger charge is 2.22. The van der Waals surface area contributed by atoms with Gasteiger partial charge in [-0.25, -0.2) is 0 Å². The molecule has 0 amide bonds. The molecule has 0 aliphatic rings. The molecule has 1 heterocycles. The molecule has 0 unspecified atom stereocenters. The first-order valence-corrected chi connectivity index (χ1v) is 5.83. The third-order valence-electron chi connectivity index (χ3n) is 2.66. The number of hydrogen-bond acceptors (Lipinski definition) is 4. The van der Waals surface area contributed by atoms with Crippen molar-refractivity contribution >= 4 is 39.5 Å². The Morgan fingerprint density at radius 3 is 2.53 bits per heavy atom. The number of carbonyl (C=O) groups is 3. The number of esters is 1. The predicted octanol–water partition coefficient (Wildman–Crippen LogP) is 2.35. The quantitative estimate of drug-likeness (QED) is 0.308. The van der Waals surface area contributed by atoms with E-state index in [0.29, 0.717) is 16.5 Å². The summed E-state index contributed by atoms with van der Waals surface area (Å²) in [5.74, 6) is -1.09. The number of halogens is 1. The van der Waals surface area contributed by atoms with E-state index in [0.717, 1.165) is 0 Å². The normalized spacial score (nSPS) is 10.5. The van der Waals surface area contributed by atoms with E-state index in [9.17, 15) is 14.4 Å². The van der Waals surface area contributed by atoms with Gasteiger partial charge < -0.3 is 9.72 Å². The van der Waals surface area contributed by atoms with Crippen LogP contribution in [0.25, 0.3) is 10.9 Å². The molecule has 98 valence electrons. The topological polar surface area (TPSA) is 76.2 Å². The average Bonchev–Trinajstić information content (AvgIpc) is 2.75. The van der Waals surface area contributed by atoms with Gasteiger partial charge in [-0.3, -0.25) is 14.4 Å². The van der Waals surface area contributed by atoms with Gasteiger partial charge in [-0.15, -0.1) is 0 Å². The monoisotopic (exact) mass is 279 g/mol. The number of aromatic amines is 1. The molecular weight excluding hydrogens is 270 g/mol. The van der Waals surface area contributed by atoms with Crippen LogP contribution in [0.3, 0.4) is 0 Å². The van der Waals surface area contributed by atoms with Crippen LogP contribution >= 0.6 is 11.6 Å². The fourth-order valence-corrected chi connectivity index (χ4v) is 1.96. The van der Waals surface area contributed by atoms with Gasteiger partial charge in [0.25, 0.3) is 5.24 Å². The molecule has 0 saturated heterocycles. The summed E-state index contributed by atoms with van der Waals surface area (Å²) < 4.78 is 5.12. The summed E-state index contributed by atoms with van der Waals surface area (Å²) in [7, 11) is 0. The minimum absolute atomic E-state index is 0.0925. The minimum atomic E-state index is -1.09. The van der Waals surface area contributed by atoms with Crippen LogP contribution in [0, 0.1) is 6.92 Å². The largest absolute Gasteiger partial charge is 0.426 e. The average molecular weight is 280 g/mol. The first kappa shape index (κ1) is 13.3. The smallest absolute Gasteiger partial charge is 0.308 e. The maximum atomic E-state index is 11.7. The Bertz CT molecular complexity index is 702. The molecule has 0 fully saturated rings. The molecule has 0 aliphatic heterocycles. The van der Waals surface area contributed by atoms with Crippen molar-refractivity contribution in [3.63, 3.8) is 0 Å². The van der Waals surface area contributed by atoms with Gasteiger partial charge in [-0.1, -0.05) is 6.07 Å². The number of aryl methyl sites for hydroxylation is 1. The Morgan fingerprint density at radius 1 is 1.26 bits per heavy atom. The number of H-pyrrole nitrogens is 1. The molecule has 5 nitrogen and oxygen atoms in total. The number of benzene rings is 1. The zero-order chi connectivity index (χ0) is 14.2. The van der Waals surface area contributed by atoms with Crippen molar-refractivity contribution in [2.24, 2.45) is 0 Å². The molecule has 1 aromatic heterocycles. The number of nitrogens with one attached hydrogen (secondary N) is 1. The summed E-state index contributed by atoms with van der Waals surface area (Å²) in [6.45, 7) is 3.00. The first-order chi connectivity index (χ1) is 8.91.